The predicted octanol–water partition coefficient (Wildman–Crippen LogP) is 4.58. The van der Waals surface area contributed by atoms with E-state index in [1.54, 1.807) is 0 Å². The first kappa shape index (κ1) is 20.7. The summed E-state index contributed by atoms with van der Waals surface area (Å²) in [6.07, 6.45) is 11.9. The molecule has 6 nitrogen and oxygen atoms in total. The van der Waals surface area contributed by atoms with Gasteiger partial charge in [-0.25, -0.2) is 4.79 Å². The highest BCUT2D eigenvalue weighted by atomic mass is 16.6. The highest BCUT2D eigenvalue weighted by molar-refractivity contribution is 5.68. The maximum absolute atomic E-state index is 12.7. The highest BCUT2D eigenvalue weighted by Gasteiger charge is 2.28. The molecule has 0 N–H and O–H groups in total. The first-order valence-corrected chi connectivity index (χ1v) is 10.3. The van der Waals surface area contributed by atoms with E-state index in [1.165, 1.54) is 19.3 Å². The van der Waals surface area contributed by atoms with Gasteiger partial charge in [0.1, 0.15) is 5.60 Å². The molecule has 1 aliphatic rings. The molecule has 1 saturated carbocycles. The number of amides is 1. The third kappa shape index (κ3) is 6.96. The molecule has 2 rings (SSSR count). The van der Waals surface area contributed by atoms with E-state index in [9.17, 15) is 4.79 Å². The van der Waals surface area contributed by atoms with Crippen molar-refractivity contribution in [2.75, 3.05) is 6.54 Å². The first-order valence-electron chi connectivity index (χ1n) is 10.3. The van der Waals surface area contributed by atoms with Crippen LogP contribution in [0.15, 0.2) is 6.20 Å². The lowest BCUT2D eigenvalue weighted by Crippen LogP contribution is -2.44. The van der Waals surface area contributed by atoms with Gasteiger partial charge in [-0.1, -0.05) is 31.4 Å². The van der Waals surface area contributed by atoms with Gasteiger partial charge in [0.05, 0.1) is 5.69 Å². The van der Waals surface area contributed by atoms with E-state index in [4.69, 9.17) is 4.74 Å². The summed E-state index contributed by atoms with van der Waals surface area (Å²) >= 11 is 0. The molecule has 1 heterocycles. The first-order chi connectivity index (χ1) is 12.4. The van der Waals surface area contributed by atoms with Crippen LogP contribution in [0.2, 0.25) is 0 Å². The molecular formula is C20H36N4O2. The minimum absolute atomic E-state index is 0.145. The Hall–Kier alpha value is -1.59. The Morgan fingerprint density at radius 1 is 1.23 bits per heavy atom. The van der Waals surface area contributed by atoms with E-state index in [0.717, 1.165) is 57.3 Å². The molecule has 1 aromatic rings. The van der Waals surface area contributed by atoms with E-state index >= 15 is 0 Å². The van der Waals surface area contributed by atoms with Crippen molar-refractivity contribution >= 4 is 6.09 Å². The molecule has 1 fully saturated rings. The molecule has 1 aliphatic carbocycles. The Labute approximate surface area is 158 Å². The van der Waals surface area contributed by atoms with Gasteiger partial charge >= 0.3 is 6.09 Å². The smallest absolute Gasteiger partial charge is 0.410 e. The number of hydrogen-bond acceptors (Lipinski definition) is 4. The van der Waals surface area contributed by atoms with Crippen LogP contribution < -0.4 is 0 Å². The summed E-state index contributed by atoms with van der Waals surface area (Å²) in [5, 5.41) is 8.27. The van der Waals surface area contributed by atoms with Crippen molar-refractivity contribution in [1.82, 2.24) is 19.9 Å². The third-order valence-electron chi connectivity index (χ3n) is 4.88. The average Bonchev–Trinajstić information content (AvgIpc) is 3.05. The Balaban J connectivity index is 1.78. The zero-order valence-electron chi connectivity index (χ0n) is 17.0. The maximum atomic E-state index is 12.7. The molecule has 6 heteroatoms. The van der Waals surface area contributed by atoms with Crippen LogP contribution in [0.3, 0.4) is 0 Å². The lowest BCUT2D eigenvalue weighted by molar-refractivity contribution is 0.0117. The number of rotatable bonds is 8. The van der Waals surface area contributed by atoms with Gasteiger partial charge in [0.15, 0.2) is 0 Å². The summed E-state index contributed by atoms with van der Waals surface area (Å²) in [5.41, 5.74) is 0.604. The molecular weight excluding hydrogens is 328 g/mol. The summed E-state index contributed by atoms with van der Waals surface area (Å²) in [5.74, 6) is 0. The molecule has 0 atom stereocenters. The molecule has 0 aliphatic heterocycles. The van der Waals surface area contributed by atoms with E-state index in [0.29, 0.717) is 6.04 Å². The standard InChI is InChI=1S/C20H36N4O2/c1-5-17-16-23(22-21-17)14-10-7-11-15-24(18-12-8-6-9-13-18)19(25)26-20(2,3)4/h16,18H,5-15H2,1-4H3. The fraction of sp³-hybridized carbons (Fsp3) is 0.850. The third-order valence-corrected chi connectivity index (χ3v) is 4.88. The number of nitrogens with zero attached hydrogens (tertiary/aromatic N) is 4. The fourth-order valence-corrected chi connectivity index (χ4v) is 3.48. The van der Waals surface area contributed by atoms with Crippen molar-refractivity contribution in [2.45, 2.75) is 104 Å². The predicted molar refractivity (Wildman–Crippen MR) is 103 cm³/mol. The second kappa shape index (κ2) is 9.93. The van der Waals surface area contributed by atoms with Crippen LogP contribution >= 0.6 is 0 Å². The Bertz CT molecular complexity index is 544. The normalized spacial score (nSPS) is 15.8. The largest absolute Gasteiger partial charge is 0.444 e. The molecule has 148 valence electrons. The maximum Gasteiger partial charge on any atom is 0.410 e. The highest BCUT2D eigenvalue weighted by Crippen LogP contribution is 2.25. The molecule has 0 bridgehead atoms. The van der Waals surface area contributed by atoms with Crippen LogP contribution in [0.1, 0.15) is 84.8 Å². The molecule has 1 amide bonds. The summed E-state index contributed by atoms with van der Waals surface area (Å²) in [6.45, 7) is 9.58. The molecule has 0 unspecified atom stereocenters. The number of carbonyl (C=O) groups is 1. The van der Waals surface area contributed by atoms with Crippen molar-refractivity contribution in [1.29, 1.82) is 0 Å². The minimum Gasteiger partial charge on any atom is -0.444 e. The van der Waals surface area contributed by atoms with E-state index < -0.39 is 5.60 Å². The van der Waals surface area contributed by atoms with Crippen molar-refractivity contribution in [2.24, 2.45) is 0 Å². The van der Waals surface area contributed by atoms with Gasteiger partial charge in [-0.3, -0.25) is 4.68 Å². The number of aromatic nitrogens is 3. The Morgan fingerprint density at radius 2 is 1.96 bits per heavy atom. The lowest BCUT2D eigenvalue weighted by atomic mass is 9.94. The lowest BCUT2D eigenvalue weighted by Gasteiger charge is -2.35. The number of ether oxygens (including phenoxy) is 1. The average molecular weight is 365 g/mol. The van der Waals surface area contributed by atoms with Crippen molar-refractivity contribution in [3.05, 3.63) is 11.9 Å². The summed E-state index contributed by atoms with van der Waals surface area (Å²) < 4.78 is 7.58. The van der Waals surface area contributed by atoms with E-state index in [-0.39, 0.29) is 6.09 Å². The van der Waals surface area contributed by atoms with Gasteiger partial charge < -0.3 is 9.64 Å². The van der Waals surface area contributed by atoms with Gasteiger partial charge in [-0.2, -0.15) is 0 Å². The van der Waals surface area contributed by atoms with Crippen LogP contribution in [-0.4, -0.2) is 44.2 Å². The van der Waals surface area contributed by atoms with Crippen LogP contribution in [0.25, 0.3) is 0 Å². The second-order valence-electron chi connectivity index (χ2n) is 8.35. The molecule has 0 spiro atoms. The number of aryl methyl sites for hydroxylation is 2. The molecule has 0 saturated heterocycles. The molecule has 1 aromatic heterocycles. The SMILES string of the molecule is CCc1cn(CCCCCN(C(=O)OC(C)(C)C)C2CCCCC2)nn1. The summed E-state index contributed by atoms with van der Waals surface area (Å²) in [6, 6.07) is 0.348. The van der Waals surface area contributed by atoms with Crippen LogP contribution in [0.5, 0.6) is 0 Å². The minimum atomic E-state index is -0.436. The van der Waals surface area contributed by atoms with Crippen LogP contribution in [-0.2, 0) is 17.7 Å². The number of hydrogen-bond donors (Lipinski definition) is 0. The summed E-state index contributed by atoms with van der Waals surface area (Å²) in [7, 11) is 0. The quantitative estimate of drug-likeness (QED) is 0.633. The van der Waals surface area contributed by atoms with Gasteiger partial charge in [0.25, 0.3) is 0 Å². The van der Waals surface area contributed by atoms with Gasteiger partial charge in [-0.15, -0.1) is 5.10 Å². The van der Waals surface area contributed by atoms with E-state index in [1.807, 2.05) is 36.5 Å². The fourth-order valence-electron chi connectivity index (χ4n) is 3.48. The second-order valence-corrected chi connectivity index (χ2v) is 8.35. The Morgan fingerprint density at radius 3 is 2.58 bits per heavy atom. The van der Waals surface area contributed by atoms with Crippen LogP contribution in [0, 0.1) is 0 Å². The summed E-state index contributed by atoms with van der Waals surface area (Å²) in [4.78, 5) is 14.7. The van der Waals surface area contributed by atoms with Crippen LogP contribution in [0.4, 0.5) is 4.79 Å². The topological polar surface area (TPSA) is 60.2 Å². The molecule has 0 radical (unpaired) electrons. The van der Waals surface area contributed by atoms with Crippen molar-refractivity contribution < 1.29 is 9.53 Å². The van der Waals surface area contributed by atoms with Crippen molar-refractivity contribution in [3.63, 3.8) is 0 Å². The van der Waals surface area contributed by atoms with Gasteiger partial charge in [0.2, 0.25) is 0 Å². The van der Waals surface area contributed by atoms with Crippen molar-refractivity contribution in [3.8, 4) is 0 Å². The molecule has 26 heavy (non-hydrogen) atoms. The van der Waals surface area contributed by atoms with Gasteiger partial charge in [-0.05, 0) is 59.3 Å². The van der Waals surface area contributed by atoms with E-state index in [2.05, 4.69) is 17.2 Å². The number of unbranched alkanes of at least 4 members (excludes halogenated alkanes) is 2. The zero-order chi connectivity index (χ0) is 19.0. The van der Waals surface area contributed by atoms with Gasteiger partial charge in [0, 0.05) is 25.3 Å². The molecule has 0 aromatic carbocycles. The monoisotopic (exact) mass is 364 g/mol. The Kier molecular flexibility index (Phi) is 7.91. The number of carbonyl (C=O) groups excluding carboxylic acids is 1. The zero-order valence-corrected chi connectivity index (χ0v) is 17.0.